The average molecular weight is 507 g/mol. The second-order valence-electron chi connectivity index (χ2n) is 10.7. The Bertz CT molecular complexity index is 1280. The van der Waals surface area contributed by atoms with Crippen LogP contribution in [0, 0.1) is 29.1 Å². The molecule has 0 spiro atoms. The summed E-state index contributed by atoms with van der Waals surface area (Å²) >= 11 is 1.78. The number of fused-ring (bicyclic) bond motifs is 9. The van der Waals surface area contributed by atoms with E-state index in [-0.39, 0.29) is 41.0 Å². The topological polar surface area (TPSA) is 63.2 Å². The summed E-state index contributed by atoms with van der Waals surface area (Å²) in [4.78, 5) is 16.9. The predicted octanol–water partition coefficient (Wildman–Crippen LogP) is 5.34. The number of benzene rings is 2. The lowest BCUT2D eigenvalue weighted by atomic mass is 9.47. The Labute approximate surface area is 215 Å². The number of carbonyl (C=O) groups excluding carboxylic acids is 1. The first-order valence-corrected chi connectivity index (χ1v) is 13.4. The molecule has 2 bridgehead atoms. The molecule has 7 heteroatoms. The smallest absolute Gasteiger partial charge is 0.233 e. The highest BCUT2D eigenvalue weighted by atomic mass is 32.2. The molecule has 3 heterocycles. The summed E-state index contributed by atoms with van der Waals surface area (Å²) in [6, 6.07) is 14.2. The molecule has 6 nitrogen and oxygen atoms in total. The number of ether oxygens (including phenoxy) is 5. The van der Waals surface area contributed by atoms with E-state index in [4.69, 9.17) is 23.7 Å². The van der Waals surface area contributed by atoms with Gasteiger partial charge in [0.1, 0.15) is 11.5 Å². The van der Waals surface area contributed by atoms with Gasteiger partial charge >= 0.3 is 0 Å². The van der Waals surface area contributed by atoms with Crippen LogP contribution in [0.15, 0.2) is 58.3 Å². The van der Waals surface area contributed by atoms with Crippen molar-refractivity contribution in [1.29, 1.82) is 0 Å². The Morgan fingerprint density at radius 2 is 1.67 bits per heavy atom. The van der Waals surface area contributed by atoms with E-state index in [1.807, 2.05) is 18.2 Å². The Morgan fingerprint density at radius 3 is 2.33 bits per heavy atom. The standard InChI is InChI=1S/C29H30O6S/c1-28-13-12-19(36-15-8-6-5-7-9-15)16-14-34-29(33-4,26(16)28)27(30)22-23(28)25-21-18(32-3)11-10-17(31-2)20(21)24(22)35-25/h5-12,16,22-26H,13-14H2,1-4H3/t16-,22?,23?,24-,25+,26-,28-,29-/m0/s1. The highest BCUT2D eigenvalue weighted by Gasteiger charge is 2.77. The van der Waals surface area contributed by atoms with Crippen LogP contribution < -0.4 is 9.47 Å². The average Bonchev–Trinajstić information content (AvgIpc) is 3.61. The molecule has 36 heavy (non-hydrogen) atoms. The molecular formula is C29H30O6S. The number of methoxy groups -OCH3 is 3. The maximum Gasteiger partial charge on any atom is 0.233 e. The molecule has 0 radical (unpaired) electrons. The summed E-state index contributed by atoms with van der Waals surface area (Å²) in [5, 5.41) is 0. The van der Waals surface area contributed by atoms with Gasteiger partial charge in [0.05, 0.1) is 39.0 Å². The van der Waals surface area contributed by atoms with Gasteiger partial charge in [0, 0.05) is 40.9 Å². The molecule has 2 unspecified atom stereocenters. The quantitative estimate of drug-likeness (QED) is 0.543. The van der Waals surface area contributed by atoms with Crippen molar-refractivity contribution in [2.45, 2.75) is 36.2 Å². The third-order valence-electron chi connectivity index (χ3n) is 9.35. The summed E-state index contributed by atoms with van der Waals surface area (Å²) in [6.45, 7) is 2.79. The normalized spacial score (nSPS) is 39.3. The van der Waals surface area contributed by atoms with Crippen LogP contribution in [-0.4, -0.2) is 39.5 Å². The molecule has 8 atom stereocenters. The Morgan fingerprint density at radius 1 is 0.972 bits per heavy atom. The van der Waals surface area contributed by atoms with Crippen molar-refractivity contribution in [3.05, 3.63) is 64.6 Å². The van der Waals surface area contributed by atoms with Gasteiger partial charge in [-0.1, -0.05) is 43.0 Å². The number of thioether (sulfide) groups is 1. The van der Waals surface area contributed by atoms with Gasteiger partial charge < -0.3 is 23.7 Å². The summed E-state index contributed by atoms with van der Waals surface area (Å²) < 4.78 is 30.7. The minimum atomic E-state index is -1.27. The summed E-state index contributed by atoms with van der Waals surface area (Å²) in [5.41, 5.74) is 1.72. The molecule has 3 aliphatic heterocycles. The van der Waals surface area contributed by atoms with Crippen LogP contribution in [0.3, 0.4) is 0 Å². The van der Waals surface area contributed by atoms with Crippen molar-refractivity contribution in [2.24, 2.45) is 29.1 Å². The maximum atomic E-state index is 14.4. The van der Waals surface area contributed by atoms with Crippen LogP contribution >= 0.6 is 11.8 Å². The summed E-state index contributed by atoms with van der Waals surface area (Å²) in [6.07, 6.45) is 2.57. The maximum absolute atomic E-state index is 14.4. The first-order chi connectivity index (χ1) is 17.5. The largest absolute Gasteiger partial charge is 0.496 e. The van der Waals surface area contributed by atoms with Gasteiger partial charge in [-0.2, -0.15) is 0 Å². The fourth-order valence-electron chi connectivity index (χ4n) is 8.03. The number of hydrogen-bond acceptors (Lipinski definition) is 7. The van der Waals surface area contributed by atoms with E-state index in [9.17, 15) is 4.79 Å². The van der Waals surface area contributed by atoms with E-state index in [0.29, 0.717) is 6.61 Å². The molecule has 2 aromatic carbocycles. The van der Waals surface area contributed by atoms with E-state index in [2.05, 4.69) is 37.3 Å². The molecular weight excluding hydrogens is 476 g/mol. The minimum absolute atomic E-state index is 0.000469. The number of Topliss-reactive ketones (excluding diaryl/α,β-unsaturated/α-hetero) is 1. The molecule has 0 aromatic heterocycles. The molecule has 5 aliphatic rings. The molecule has 0 N–H and O–H groups in total. The van der Waals surface area contributed by atoms with Crippen LogP contribution in [0.2, 0.25) is 0 Å². The third kappa shape index (κ3) is 2.67. The van der Waals surface area contributed by atoms with Crippen LogP contribution in [0.1, 0.15) is 36.7 Å². The molecule has 0 amide bonds. The minimum Gasteiger partial charge on any atom is -0.496 e. The van der Waals surface area contributed by atoms with Gasteiger partial charge in [-0.3, -0.25) is 4.79 Å². The molecule has 7 rings (SSSR count). The van der Waals surface area contributed by atoms with Gasteiger partial charge in [-0.25, -0.2) is 0 Å². The molecule has 1 saturated carbocycles. The lowest BCUT2D eigenvalue weighted by molar-refractivity contribution is -0.251. The fourth-order valence-corrected chi connectivity index (χ4v) is 9.11. The van der Waals surface area contributed by atoms with Crippen molar-refractivity contribution in [3.63, 3.8) is 0 Å². The zero-order valence-electron chi connectivity index (χ0n) is 20.9. The van der Waals surface area contributed by atoms with E-state index in [1.165, 1.54) is 9.80 Å². The van der Waals surface area contributed by atoms with E-state index < -0.39 is 11.9 Å². The lowest BCUT2D eigenvalue weighted by Crippen LogP contribution is -2.65. The number of ketones is 1. The molecule has 2 aliphatic carbocycles. The van der Waals surface area contributed by atoms with E-state index in [0.717, 1.165) is 29.0 Å². The predicted molar refractivity (Wildman–Crippen MR) is 134 cm³/mol. The van der Waals surface area contributed by atoms with E-state index >= 15 is 0 Å². The lowest BCUT2D eigenvalue weighted by Gasteiger charge is -2.57. The first-order valence-electron chi connectivity index (χ1n) is 12.5. The number of allylic oxidation sites excluding steroid dienone is 1. The highest BCUT2D eigenvalue weighted by molar-refractivity contribution is 8.03. The molecule has 2 saturated heterocycles. The van der Waals surface area contributed by atoms with Crippen molar-refractivity contribution >= 4 is 17.5 Å². The number of hydrogen-bond donors (Lipinski definition) is 0. The van der Waals surface area contributed by atoms with Crippen LogP contribution in [0.5, 0.6) is 11.5 Å². The zero-order chi connectivity index (χ0) is 24.8. The third-order valence-corrected chi connectivity index (χ3v) is 10.6. The van der Waals surface area contributed by atoms with Crippen LogP contribution in [0.4, 0.5) is 0 Å². The number of carbonyl (C=O) groups is 1. The Balaban J connectivity index is 1.37. The summed E-state index contributed by atoms with van der Waals surface area (Å²) in [5.74, 6) is -0.0969. The van der Waals surface area contributed by atoms with Crippen molar-refractivity contribution in [3.8, 4) is 11.5 Å². The number of rotatable bonds is 5. The monoisotopic (exact) mass is 506 g/mol. The van der Waals surface area contributed by atoms with Gasteiger partial charge in [0.2, 0.25) is 5.79 Å². The van der Waals surface area contributed by atoms with Gasteiger partial charge in [-0.05, 0) is 41.0 Å². The van der Waals surface area contributed by atoms with Crippen molar-refractivity contribution in [2.75, 3.05) is 27.9 Å². The van der Waals surface area contributed by atoms with Crippen molar-refractivity contribution < 1.29 is 28.5 Å². The van der Waals surface area contributed by atoms with Crippen LogP contribution in [0.25, 0.3) is 0 Å². The SMILES string of the molecule is COc1ccc(OC)c2c1[C@H]1O[C@@H]2C2C(=O)[C@@]3(OC)OC[C@H]4C(Sc5ccccc5)=CC[C@@](C)(C21)[C@H]43. The zero-order valence-corrected chi connectivity index (χ0v) is 21.7. The van der Waals surface area contributed by atoms with Crippen LogP contribution in [-0.2, 0) is 19.0 Å². The first kappa shape index (κ1) is 22.8. The second-order valence-corrected chi connectivity index (χ2v) is 11.8. The van der Waals surface area contributed by atoms with Gasteiger partial charge in [0.25, 0.3) is 0 Å². The van der Waals surface area contributed by atoms with Gasteiger partial charge in [0.15, 0.2) is 5.78 Å². The van der Waals surface area contributed by atoms with E-state index in [1.54, 1.807) is 33.1 Å². The Hall–Kier alpha value is -2.32. The molecule has 188 valence electrons. The molecule has 3 fully saturated rings. The fraction of sp³-hybridized carbons (Fsp3) is 0.483. The Kier molecular flexibility index (Phi) is 4.98. The second kappa shape index (κ2) is 7.84. The molecule has 2 aromatic rings. The summed E-state index contributed by atoms with van der Waals surface area (Å²) in [7, 11) is 4.96. The van der Waals surface area contributed by atoms with Gasteiger partial charge in [-0.15, -0.1) is 0 Å². The highest BCUT2D eigenvalue weighted by Crippen LogP contribution is 2.74. The van der Waals surface area contributed by atoms with Crippen molar-refractivity contribution in [1.82, 2.24) is 0 Å².